The number of nitrogens with two attached hydrogens (primary N) is 1. The molecule has 0 radical (unpaired) electrons. The Balaban J connectivity index is 2.22. The minimum absolute atomic E-state index is 0.0757. The molecule has 0 unspecified atom stereocenters. The molecule has 0 fully saturated rings. The Morgan fingerprint density at radius 2 is 1.50 bits per heavy atom. The van der Waals surface area contributed by atoms with Crippen LogP contribution in [0, 0.1) is 0 Å². The molecule has 0 saturated carbocycles. The summed E-state index contributed by atoms with van der Waals surface area (Å²) >= 11 is 0. The van der Waals surface area contributed by atoms with E-state index in [2.05, 4.69) is 0 Å². The average molecular weight is 348 g/mol. The number of benzene rings is 2. The summed E-state index contributed by atoms with van der Waals surface area (Å²) in [4.78, 5) is 22.2. The molecule has 2 aromatic carbocycles. The Morgan fingerprint density at radius 1 is 1.00 bits per heavy atom. The van der Waals surface area contributed by atoms with Crippen LogP contribution in [0.4, 0.5) is 4.79 Å². The number of esters is 1. The molecule has 24 heavy (non-hydrogen) atoms. The highest BCUT2D eigenvalue weighted by atomic mass is 32.2. The number of hydrogen-bond donors (Lipinski definition) is 2. The predicted octanol–water partition coefficient (Wildman–Crippen LogP) is 1.89. The van der Waals surface area contributed by atoms with Crippen molar-refractivity contribution in [2.24, 2.45) is 5.73 Å². The lowest BCUT2D eigenvalue weighted by molar-refractivity contribution is 0.0526. The normalized spacial score (nSPS) is 10.9. The SMILES string of the molecule is CCOC(=O)c1ccc(-c2ccc(S(=O)(=O)NC(N)=O)cc2)cc1. The van der Waals surface area contributed by atoms with Crippen molar-refractivity contribution < 1.29 is 22.7 Å². The highest BCUT2D eigenvalue weighted by molar-refractivity contribution is 7.90. The molecule has 0 atom stereocenters. The van der Waals surface area contributed by atoms with Gasteiger partial charge < -0.3 is 10.5 Å². The van der Waals surface area contributed by atoms with Crippen molar-refractivity contribution in [1.29, 1.82) is 0 Å². The first-order valence-electron chi connectivity index (χ1n) is 7.03. The monoisotopic (exact) mass is 348 g/mol. The molecule has 2 aromatic rings. The zero-order valence-electron chi connectivity index (χ0n) is 12.9. The molecule has 3 N–H and O–H groups in total. The van der Waals surface area contributed by atoms with Crippen LogP contribution in [0.3, 0.4) is 0 Å². The van der Waals surface area contributed by atoms with Crippen molar-refractivity contribution in [1.82, 2.24) is 4.72 Å². The second-order valence-corrected chi connectivity index (χ2v) is 6.47. The van der Waals surface area contributed by atoms with Gasteiger partial charge in [0.2, 0.25) is 0 Å². The largest absolute Gasteiger partial charge is 0.462 e. The summed E-state index contributed by atoms with van der Waals surface area (Å²) < 4.78 is 30.2. The van der Waals surface area contributed by atoms with Gasteiger partial charge in [0.25, 0.3) is 10.0 Å². The first-order valence-corrected chi connectivity index (χ1v) is 8.51. The van der Waals surface area contributed by atoms with Crippen LogP contribution in [0.1, 0.15) is 17.3 Å². The van der Waals surface area contributed by atoms with Crippen LogP contribution in [0.15, 0.2) is 53.4 Å². The molecule has 2 rings (SSSR count). The van der Waals surface area contributed by atoms with Crippen LogP contribution in [-0.4, -0.2) is 27.0 Å². The van der Waals surface area contributed by atoms with E-state index in [9.17, 15) is 18.0 Å². The zero-order chi connectivity index (χ0) is 17.7. The van der Waals surface area contributed by atoms with Gasteiger partial charge in [-0.3, -0.25) is 0 Å². The fraction of sp³-hybridized carbons (Fsp3) is 0.125. The van der Waals surface area contributed by atoms with Gasteiger partial charge in [-0.25, -0.2) is 22.7 Å². The van der Waals surface area contributed by atoms with E-state index in [0.717, 1.165) is 11.1 Å². The third kappa shape index (κ3) is 4.11. The topological polar surface area (TPSA) is 116 Å². The van der Waals surface area contributed by atoms with Crippen LogP contribution in [0.25, 0.3) is 11.1 Å². The molecule has 0 spiro atoms. The van der Waals surface area contributed by atoms with E-state index in [1.165, 1.54) is 12.1 Å². The van der Waals surface area contributed by atoms with E-state index < -0.39 is 22.0 Å². The van der Waals surface area contributed by atoms with Gasteiger partial charge in [0.15, 0.2) is 0 Å². The van der Waals surface area contributed by atoms with Crippen LogP contribution in [0.5, 0.6) is 0 Å². The Morgan fingerprint density at radius 3 is 1.96 bits per heavy atom. The average Bonchev–Trinajstić information content (AvgIpc) is 2.54. The van der Waals surface area contributed by atoms with Gasteiger partial charge in [0, 0.05) is 0 Å². The molecule has 2 amide bonds. The Kier molecular flexibility index (Phi) is 5.20. The van der Waals surface area contributed by atoms with Crippen molar-refractivity contribution in [2.45, 2.75) is 11.8 Å². The lowest BCUT2D eigenvalue weighted by atomic mass is 10.0. The molecule has 7 nitrogen and oxygen atoms in total. The Bertz CT molecular complexity index is 843. The van der Waals surface area contributed by atoms with Crippen molar-refractivity contribution in [3.8, 4) is 11.1 Å². The molecular formula is C16H16N2O5S. The van der Waals surface area contributed by atoms with Gasteiger partial charge in [-0.1, -0.05) is 24.3 Å². The molecule has 0 aliphatic carbocycles. The Hall–Kier alpha value is -2.87. The van der Waals surface area contributed by atoms with Crippen molar-refractivity contribution >= 4 is 22.0 Å². The van der Waals surface area contributed by atoms with Crippen LogP contribution in [0.2, 0.25) is 0 Å². The van der Waals surface area contributed by atoms with Crippen molar-refractivity contribution in [3.63, 3.8) is 0 Å². The van der Waals surface area contributed by atoms with Crippen LogP contribution in [-0.2, 0) is 14.8 Å². The summed E-state index contributed by atoms with van der Waals surface area (Å²) in [6.45, 7) is 2.03. The number of carbonyl (C=O) groups excluding carboxylic acids is 2. The minimum Gasteiger partial charge on any atom is -0.462 e. The second kappa shape index (κ2) is 7.14. The maximum Gasteiger partial charge on any atom is 0.338 e. The number of urea groups is 1. The zero-order valence-corrected chi connectivity index (χ0v) is 13.7. The highest BCUT2D eigenvalue weighted by Crippen LogP contribution is 2.22. The number of nitrogens with one attached hydrogen (secondary N) is 1. The maximum absolute atomic E-state index is 11.8. The van der Waals surface area contributed by atoms with Gasteiger partial charge in [-0.2, -0.15) is 0 Å². The maximum atomic E-state index is 11.8. The minimum atomic E-state index is -3.97. The number of hydrogen-bond acceptors (Lipinski definition) is 5. The number of rotatable bonds is 5. The van der Waals surface area contributed by atoms with Crippen molar-refractivity contribution in [3.05, 3.63) is 54.1 Å². The molecule has 0 aliphatic rings. The lowest BCUT2D eigenvalue weighted by Gasteiger charge is -2.07. The Labute approximate surface area is 139 Å². The number of primary amides is 1. The summed E-state index contributed by atoms with van der Waals surface area (Å²) in [5, 5.41) is 0. The van der Waals surface area contributed by atoms with E-state index in [4.69, 9.17) is 10.5 Å². The molecular weight excluding hydrogens is 332 g/mol. The number of carbonyl (C=O) groups is 2. The summed E-state index contributed by atoms with van der Waals surface area (Å²) in [7, 11) is -3.97. The fourth-order valence-electron chi connectivity index (χ4n) is 2.03. The summed E-state index contributed by atoms with van der Waals surface area (Å²) in [6, 6.07) is 11.5. The first-order chi connectivity index (χ1) is 11.3. The van der Waals surface area contributed by atoms with E-state index in [0.29, 0.717) is 12.2 Å². The van der Waals surface area contributed by atoms with Gasteiger partial charge in [-0.05, 0) is 42.3 Å². The predicted molar refractivity (Wildman–Crippen MR) is 87.7 cm³/mol. The number of amides is 2. The van der Waals surface area contributed by atoms with Gasteiger partial charge in [-0.15, -0.1) is 0 Å². The summed E-state index contributed by atoms with van der Waals surface area (Å²) in [5.74, 6) is -0.400. The second-order valence-electron chi connectivity index (χ2n) is 4.79. The number of ether oxygens (including phenoxy) is 1. The van der Waals surface area contributed by atoms with Crippen LogP contribution < -0.4 is 10.5 Å². The van der Waals surface area contributed by atoms with Gasteiger partial charge in [0.1, 0.15) is 0 Å². The number of sulfonamides is 1. The molecule has 8 heteroatoms. The summed E-state index contributed by atoms with van der Waals surface area (Å²) in [6.07, 6.45) is 0. The molecule has 0 aromatic heterocycles. The molecule has 0 bridgehead atoms. The lowest BCUT2D eigenvalue weighted by Crippen LogP contribution is -2.34. The van der Waals surface area contributed by atoms with E-state index in [1.54, 1.807) is 48.0 Å². The van der Waals surface area contributed by atoms with Crippen LogP contribution >= 0.6 is 0 Å². The van der Waals surface area contributed by atoms with Gasteiger partial charge >= 0.3 is 12.0 Å². The molecule has 0 saturated heterocycles. The van der Waals surface area contributed by atoms with Gasteiger partial charge in [0.05, 0.1) is 17.1 Å². The molecule has 0 heterocycles. The standard InChI is InChI=1S/C16H16N2O5S/c1-2-23-15(19)13-5-3-11(4-6-13)12-7-9-14(10-8-12)24(21,22)18-16(17)20/h3-10H,2H2,1H3,(H3,17,18,20). The van der Waals surface area contributed by atoms with E-state index in [1.807, 2.05) is 0 Å². The smallest absolute Gasteiger partial charge is 0.338 e. The summed E-state index contributed by atoms with van der Waals surface area (Å²) in [5.41, 5.74) is 6.82. The van der Waals surface area contributed by atoms with Crippen molar-refractivity contribution in [2.75, 3.05) is 6.61 Å². The quantitative estimate of drug-likeness (QED) is 0.801. The van der Waals surface area contributed by atoms with E-state index >= 15 is 0 Å². The molecule has 126 valence electrons. The molecule has 0 aliphatic heterocycles. The highest BCUT2D eigenvalue weighted by Gasteiger charge is 2.15. The third-order valence-electron chi connectivity index (χ3n) is 3.13. The first kappa shape index (κ1) is 17.5. The third-order valence-corrected chi connectivity index (χ3v) is 4.49. The fourth-order valence-corrected chi connectivity index (χ4v) is 2.91. The van der Waals surface area contributed by atoms with E-state index in [-0.39, 0.29) is 4.90 Å².